The second-order valence-electron chi connectivity index (χ2n) is 32.1. The molecule has 4 atom stereocenters. The van der Waals surface area contributed by atoms with E-state index in [0.29, 0.717) is 73.7 Å². The van der Waals surface area contributed by atoms with Gasteiger partial charge in [0.1, 0.15) is 34.2 Å². The third kappa shape index (κ3) is 21.5. The molecule has 21 nitrogen and oxygen atoms in total. The average Bonchev–Trinajstić information content (AvgIpc) is 1.76. The molecule has 0 bridgehead atoms. The van der Waals surface area contributed by atoms with Gasteiger partial charge in [0.05, 0.1) is 49.0 Å². The molecule has 7 fully saturated rings. The molecule has 9 heterocycles. The first-order valence-electron chi connectivity index (χ1n) is 41.3. The van der Waals surface area contributed by atoms with Crippen LogP contribution in [0.4, 0.5) is 69.2 Å². The Morgan fingerprint density at radius 1 is 0.421 bits per heavy atom. The van der Waals surface area contributed by atoms with Crippen LogP contribution in [0, 0.1) is 5.92 Å². The van der Waals surface area contributed by atoms with E-state index in [0.717, 1.165) is 179 Å². The summed E-state index contributed by atoms with van der Waals surface area (Å²) in [6.45, 7) is 18.8. The average molecular weight is 1740 g/mol. The summed E-state index contributed by atoms with van der Waals surface area (Å²) >= 11 is 19.3. The van der Waals surface area contributed by atoms with E-state index >= 15 is 0 Å². The maximum atomic E-state index is 14.5. The first kappa shape index (κ1) is 89.1. The van der Waals surface area contributed by atoms with Gasteiger partial charge >= 0.3 is 24.1 Å². The second-order valence-corrected chi connectivity index (χ2v) is 33.4. The number of carboxylic acids is 3. The van der Waals surface area contributed by atoms with Gasteiger partial charge in [-0.2, -0.15) is 28.5 Å². The van der Waals surface area contributed by atoms with Crippen molar-refractivity contribution in [1.82, 2.24) is 44.0 Å². The van der Waals surface area contributed by atoms with Gasteiger partial charge in [0.15, 0.2) is 0 Å². The van der Waals surface area contributed by atoms with Crippen LogP contribution >= 0.6 is 34.8 Å². The molecule has 0 spiro atoms. The van der Waals surface area contributed by atoms with Crippen molar-refractivity contribution in [2.75, 3.05) is 167 Å². The zero-order valence-electron chi connectivity index (χ0n) is 67.0. The highest BCUT2D eigenvalue weighted by Crippen LogP contribution is 2.44. The zero-order valence-corrected chi connectivity index (χ0v) is 69.3. The van der Waals surface area contributed by atoms with E-state index in [2.05, 4.69) is 110 Å². The summed E-state index contributed by atoms with van der Waals surface area (Å²) < 4.78 is 112. The molecule has 3 N–H and O–H groups in total. The molecule has 3 aromatic heterocycles. The Morgan fingerprint density at radius 2 is 0.736 bits per heavy atom. The van der Waals surface area contributed by atoms with Crippen molar-refractivity contribution in [3.05, 3.63) is 195 Å². The standard InChI is InChI=1S/C30H34ClF2N5O2.C29H32ClF4N5O2.C29H34ClF2N5O2.CH4/c31-22-7-10-25(21-5-8-23(9-6-21)36-14-12-35(13-15-36)18-20-3-4-20)27(16-22)37-11-1-2-24(19-37)38-28(29(32)33)26(17-34-38)30(39)40;1-19(31)27-25(28(40)41)16-35-39(27)23-3-2-10-38(17-23)26-15-21(30)6-9-24(26)20-4-7-22(8-5-20)37-13-11-36(12-14-37)18-29(32,33)34;1-2-11-34-13-15-35(16-14-34)22-8-5-20(6-9-22)24-10-7-21(30)17-26(24)36-12-3-4-23(19-36)37-27(28(31)32)25(18-33-37)29(38)39;/h5-10,16-17,20,24,29H,1-4,11-15,18-19H2,(H,39,40);4-9,15-16,19,23H,2-3,10-14,17-18H2,1H3,(H,40,41);5-10,17-18,23,28H,2-4,11-16,19H2,1H3,(H,38,39);1H4. The van der Waals surface area contributed by atoms with Crippen LogP contribution in [-0.2, 0) is 0 Å². The highest BCUT2D eigenvalue weighted by Gasteiger charge is 2.37. The molecule has 121 heavy (non-hydrogen) atoms. The van der Waals surface area contributed by atoms with E-state index in [9.17, 15) is 64.8 Å². The van der Waals surface area contributed by atoms with E-state index < -0.39 is 72.2 Å². The van der Waals surface area contributed by atoms with Crippen LogP contribution in [0.3, 0.4) is 0 Å². The number of alkyl halides is 8. The lowest BCUT2D eigenvalue weighted by Gasteiger charge is -2.37. The van der Waals surface area contributed by atoms with E-state index in [1.54, 1.807) is 0 Å². The molecule has 6 saturated heterocycles. The molecule has 6 aliphatic heterocycles. The number of hydrogen-bond acceptors (Lipinski definition) is 15. The molecular formula is C89H104Cl3F8N15O6. The number of aromatic carboxylic acids is 3. The second kappa shape index (κ2) is 39.7. The van der Waals surface area contributed by atoms with Crippen molar-refractivity contribution in [1.29, 1.82) is 0 Å². The highest BCUT2D eigenvalue weighted by atomic mass is 35.5. The molecule has 0 radical (unpaired) electrons. The van der Waals surface area contributed by atoms with Gasteiger partial charge in [-0.1, -0.05) is 104 Å². The van der Waals surface area contributed by atoms with Gasteiger partial charge in [-0.15, -0.1) is 0 Å². The van der Waals surface area contributed by atoms with Crippen molar-refractivity contribution < 1.29 is 64.8 Å². The largest absolute Gasteiger partial charge is 0.478 e. The quantitative estimate of drug-likeness (QED) is 0.0511. The van der Waals surface area contributed by atoms with Crippen LogP contribution in [0.5, 0.6) is 0 Å². The van der Waals surface area contributed by atoms with E-state index in [4.69, 9.17) is 34.8 Å². The summed E-state index contributed by atoms with van der Waals surface area (Å²) in [5.41, 5.74) is 10.2. The summed E-state index contributed by atoms with van der Waals surface area (Å²) in [6, 6.07) is 41.5. The van der Waals surface area contributed by atoms with Crippen LogP contribution in [0.25, 0.3) is 33.4 Å². The molecule has 648 valence electrons. The SMILES string of the molecule is C.CC(F)c1c(C(=O)O)cnn1C1CCCN(c2cc(Cl)ccc2-c2ccc(N3CCN(CC(F)(F)F)CC3)cc2)C1.CCCN1CCN(c2ccc(-c3ccc(Cl)cc3N3CCCC(n4ncc(C(=O)O)c4C(F)F)C3)cc2)CC1.O=C(O)c1cnn(C2CCCN(c3cc(Cl)ccc3-c3ccc(N4CCN(CC5CC5)CC4)cc3)C2)c1C(F)F. The summed E-state index contributed by atoms with van der Waals surface area (Å²) in [5.74, 6) is -3.07. The summed E-state index contributed by atoms with van der Waals surface area (Å²) in [7, 11) is 0. The van der Waals surface area contributed by atoms with Gasteiger partial charge in [0.2, 0.25) is 0 Å². The van der Waals surface area contributed by atoms with Gasteiger partial charge in [-0.25, -0.2) is 36.3 Å². The monoisotopic (exact) mass is 1740 g/mol. The maximum absolute atomic E-state index is 14.5. The Morgan fingerprint density at radius 3 is 1.03 bits per heavy atom. The predicted octanol–water partition coefficient (Wildman–Crippen LogP) is 19.5. The molecular weight excluding hydrogens is 1630 g/mol. The Bertz CT molecular complexity index is 4990. The van der Waals surface area contributed by atoms with Crippen LogP contribution in [-0.4, -0.2) is 221 Å². The highest BCUT2D eigenvalue weighted by molar-refractivity contribution is 6.31. The number of nitrogens with zero attached hydrogens (tertiary/aromatic N) is 15. The predicted molar refractivity (Wildman–Crippen MR) is 461 cm³/mol. The summed E-state index contributed by atoms with van der Waals surface area (Å²) in [5, 5.41) is 42.4. The van der Waals surface area contributed by atoms with Gasteiger partial charge in [-0.05, 0) is 167 Å². The van der Waals surface area contributed by atoms with Crippen LogP contribution in [0.15, 0.2) is 146 Å². The fourth-order valence-electron chi connectivity index (χ4n) is 17.8. The zero-order chi connectivity index (χ0) is 84.6. The van der Waals surface area contributed by atoms with Crippen LogP contribution in [0.2, 0.25) is 15.1 Å². The Kier molecular flexibility index (Phi) is 29.2. The number of halogens is 11. The lowest BCUT2D eigenvalue weighted by atomic mass is 9.99. The number of carbonyl (C=O) groups is 3. The molecule has 16 rings (SSSR count). The fourth-order valence-corrected chi connectivity index (χ4v) is 18.3. The first-order chi connectivity index (χ1) is 57.7. The minimum absolute atomic E-state index is 0. The minimum Gasteiger partial charge on any atom is -0.478 e. The number of anilines is 6. The van der Waals surface area contributed by atoms with E-state index in [1.165, 1.54) is 69.2 Å². The number of carboxylic acid groups (broad SMARTS) is 3. The van der Waals surface area contributed by atoms with Crippen molar-refractivity contribution in [2.24, 2.45) is 5.92 Å². The molecule has 0 amide bonds. The molecule has 6 aromatic carbocycles. The normalized spacial score (nSPS) is 19.3. The van der Waals surface area contributed by atoms with E-state index in [-0.39, 0.29) is 36.8 Å². The number of benzene rings is 6. The number of piperidine rings is 3. The first-order valence-corrected chi connectivity index (χ1v) is 42.4. The number of rotatable bonds is 23. The lowest BCUT2D eigenvalue weighted by Crippen LogP contribution is -2.49. The molecule has 4 unspecified atom stereocenters. The lowest BCUT2D eigenvalue weighted by molar-refractivity contribution is -0.146. The summed E-state index contributed by atoms with van der Waals surface area (Å²) in [6.07, 6.45) is 0.0144. The van der Waals surface area contributed by atoms with Crippen molar-refractivity contribution >= 4 is 86.8 Å². The number of piperazine rings is 3. The Hall–Kier alpha value is -9.65. The third-order valence-electron chi connectivity index (χ3n) is 24.0. The minimum atomic E-state index is -4.19. The van der Waals surface area contributed by atoms with Crippen LogP contribution in [0.1, 0.15) is 164 Å². The van der Waals surface area contributed by atoms with Gasteiger partial charge < -0.3 is 44.7 Å². The van der Waals surface area contributed by atoms with Crippen LogP contribution < -0.4 is 29.4 Å². The van der Waals surface area contributed by atoms with Gasteiger partial charge in [0.25, 0.3) is 12.9 Å². The maximum Gasteiger partial charge on any atom is 0.401 e. The third-order valence-corrected chi connectivity index (χ3v) is 24.7. The van der Waals surface area contributed by atoms with Gasteiger partial charge in [0, 0.05) is 190 Å². The molecule has 9 aromatic rings. The summed E-state index contributed by atoms with van der Waals surface area (Å²) in [4.78, 5) is 54.6. The number of hydrogen-bond donors (Lipinski definition) is 3. The fraction of sp³-hybridized carbons (Fsp3) is 0.461. The van der Waals surface area contributed by atoms with E-state index in [1.807, 2.05) is 78.9 Å². The molecule has 1 aliphatic carbocycles. The van der Waals surface area contributed by atoms with Crippen molar-refractivity contribution in [3.8, 4) is 33.4 Å². The molecule has 7 aliphatic rings. The van der Waals surface area contributed by atoms with Gasteiger partial charge in [-0.3, -0.25) is 28.7 Å². The van der Waals surface area contributed by atoms with Crippen molar-refractivity contribution in [3.63, 3.8) is 0 Å². The smallest absolute Gasteiger partial charge is 0.401 e. The Labute approximate surface area is 715 Å². The van der Waals surface area contributed by atoms with Crippen molar-refractivity contribution in [2.45, 2.75) is 122 Å². The Balaban J connectivity index is 0.000000156. The molecule has 32 heteroatoms. The topological polar surface area (TPSA) is 195 Å². The number of aromatic nitrogens is 6. The molecule has 1 saturated carbocycles.